The van der Waals surface area contributed by atoms with Crippen molar-refractivity contribution >= 4 is 17.9 Å². The number of aliphatic hydroxyl groups excluding tert-OH is 2. The maximum atomic E-state index is 12.0. The first-order valence-corrected chi connectivity index (χ1v) is 14.9. The van der Waals surface area contributed by atoms with E-state index in [1.807, 2.05) is 43.4 Å². The average molecular weight is 601 g/mol. The van der Waals surface area contributed by atoms with Gasteiger partial charge in [-0.15, -0.1) is 0 Å². The summed E-state index contributed by atoms with van der Waals surface area (Å²) in [7, 11) is 4.12. The number of hydrogen-bond donors (Lipinski definition) is 4. The number of carbonyl (C=O) groups is 2. The number of hydrogen-bond acceptors (Lipinski definition) is 8. The number of carbonyl (C=O) groups excluding carboxylic acids is 2. The van der Waals surface area contributed by atoms with Gasteiger partial charge in [0.1, 0.15) is 12.4 Å². The van der Waals surface area contributed by atoms with Crippen molar-refractivity contribution in [2.45, 2.75) is 38.1 Å². The summed E-state index contributed by atoms with van der Waals surface area (Å²) >= 11 is 0. The predicted molar refractivity (Wildman–Crippen MR) is 173 cm³/mol. The smallest absolute Gasteiger partial charge is 0.252 e. The molecule has 9 heteroatoms. The largest absolute Gasteiger partial charge is 0.394 e. The third kappa shape index (κ3) is 10.6. The molecule has 3 aromatic rings. The van der Waals surface area contributed by atoms with Crippen molar-refractivity contribution in [3.63, 3.8) is 0 Å². The topological polar surface area (TPSA) is 114 Å². The van der Waals surface area contributed by atoms with E-state index in [0.717, 1.165) is 30.5 Å². The fraction of sp³-hybridized carbons (Fsp3) is 0.371. The number of nitrogens with one attached hydrogen (secondary N) is 2. The summed E-state index contributed by atoms with van der Waals surface area (Å²) in [5.41, 5.74) is 3.51. The fourth-order valence-electron chi connectivity index (χ4n) is 4.97. The molecule has 1 aliphatic rings. The number of para-hydroxylation sites is 1. The van der Waals surface area contributed by atoms with E-state index in [2.05, 4.69) is 58.7 Å². The van der Waals surface area contributed by atoms with Crippen LogP contribution in [0, 0.1) is 17.8 Å². The van der Waals surface area contributed by atoms with Gasteiger partial charge >= 0.3 is 0 Å². The third-order valence-corrected chi connectivity index (χ3v) is 7.29. The van der Waals surface area contributed by atoms with Gasteiger partial charge in [0.15, 0.2) is 0 Å². The quantitative estimate of drug-likeness (QED) is 0.143. The maximum Gasteiger partial charge on any atom is 0.252 e. The Kier molecular flexibility index (Phi) is 14.6. The molecule has 4 N–H and O–H groups in total. The van der Waals surface area contributed by atoms with Gasteiger partial charge in [-0.3, -0.25) is 9.63 Å². The van der Waals surface area contributed by atoms with Crippen LogP contribution in [0.15, 0.2) is 84.9 Å². The lowest BCUT2D eigenvalue weighted by molar-refractivity contribution is -0.177. The van der Waals surface area contributed by atoms with Crippen LogP contribution in [0.2, 0.25) is 0 Å². The van der Waals surface area contributed by atoms with Crippen molar-refractivity contribution in [1.82, 2.24) is 15.7 Å². The van der Waals surface area contributed by atoms with E-state index in [4.69, 9.17) is 4.84 Å². The first-order valence-electron chi connectivity index (χ1n) is 14.9. The highest BCUT2D eigenvalue weighted by Gasteiger charge is 2.45. The average Bonchev–Trinajstić information content (AvgIpc) is 3.42. The molecule has 0 saturated carbocycles. The highest BCUT2D eigenvalue weighted by molar-refractivity contribution is 5.94. The van der Waals surface area contributed by atoms with Crippen molar-refractivity contribution in [2.75, 3.05) is 45.2 Å². The molecule has 9 nitrogen and oxygen atoms in total. The predicted octanol–water partition coefficient (Wildman–Crippen LogP) is 2.87. The van der Waals surface area contributed by atoms with E-state index >= 15 is 0 Å². The molecule has 1 saturated heterocycles. The zero-order chi connectivity index (χ0) is 31.7. The minimum atomic E-state index is -0.791. The van der Waals surface area contributed by atoms with Crippen LogP contribution in [0.4, 0.5) is 5.69 Å². The molecule has 1 heterocycles. The minimum absolute atomic E-state index is 0.180. The zero-order valence-electron chi connectivity index (χ0n) is 25.7. The van der Waals surface area contributed by atoms with Crippen LogP contribution in [0.3, 0.4) is 0 Å². The Hall–Kier alpha value is -4.04. The number of benzene rings is 3. The molecule has 44 heavy (non-hydrogen) atoms. The van der Waals surface area contributed by atoms with Crippen LogP contribution in [0.25, 0.3) is 0 Å². The molecule has 0 unspecified atom stereocenters. The van der Waals surface area contributed by atoms with Gasteiger partial charge in [0.05, 0.1) is 25.3 Å². The van der Waals surface area contributed by atoms with Gasteiger partial charge in [0.2, 0.25) is 0 Å². The zero-order valence-corrected chi connectivity index (χ0v) is 25.7. The van der Waals surface area contributed by atoms with E-state index in [1.165, 1.54) is 17.2 Å². The summed E-state index contributed by atoms with van der Waals surface area (Å²) in [6, 6.07) is 26.2. The molecule has 1 aliphatic heterocycles. The molecule has 4 atom stereocenters. The van der Waals surface area contributed by atoms with Gasteiger partial charge < -0.3 is 30.5 Å². The molecular weight excluding hydrogens is 556 g/mol. The number of rotatable bonds is 12. The molecule has 0 spiro atoms. The van der Waals surface area contributed by atoms with Crippen molar-refractivity contribution in [3.8, 4) is 11.8 Å². The first kappa shape index (κ1) is 34.5. The Morgan fingerprint density at radius 1 is 1.09 bits per heavy atom. The Morgan fingerprint density at radius 2 is 1.80 bits per heavy atom. The Balaban J connectivity index is 0.000000340. The second kappa shape index (κ2) is 18.6. The molecule has 0 aromatic heterocycles. The van der Waals surface area contributed by atoms with Gasteiger partial charge in [-0.05, 0) is 68.9 Å². The second-order valence-electron chi connectivity index (χ2n) is 10.6. The van der Waals surface area contributed by atoms with E-state index < -0.39 is 24.2 Å². The van der Waals surface area contributed by atoms with Crippen molar-refractivity contribution in [3.05, 3.63) is 102 Å². The Morgan fingerprint density at radius 3 is 2.43 bits per heavy atom. The first-order chi connectivity index (χ1) is 21.4. The molecule has 0 aliphatic carbocycles. The van der Waals surface area contributed by atoms with Crippen LogP contribution >= 0.6 is 0 Å². The lowest BCUT2D eigenvalue weighted by Crippen LogP contribution is -2.39. The molecule has 1 fully saturated rings. The van der Waals surface area contributed by atoms with Gasteiger partial charge in [-0.25, -0.2) is 0 Å². The van der Waals surface area contributed by atoms with Crippen LogP contribution in [-0.2, 0) is 16.2 Å². The monoisotopic (exact) mass is 600 g/mol. The summed E-state index contributed by atoms with van der Waals surface area (Å²) in [4.78, 5) is 31.6. The van der Waals surface area contributed by atoms with Crippen LogP contribution in [0.1, 0.15) is 34.8 Å². The van der Waals surface area contributed by atoms with Crippen LogP contribution < -0.4 is 15.5 Å². The van der Waals surface area contributed by atoms with Gasteiger partial charge in [0.25, 0.3) is 5.91 Å². The summed E-state index contributed by atoms with van der Waals surface area (Å²) < 4.78 is 0. The van der Waals surface area contributed by atoms with Crippen molar-refractivity contribution < 1.29 is 24.6 Å². The standard InChI is InChI=1S/C24H26N2O5.C11H18N2/c1-17(29)23-21(15-27)26(31-22(23)16-28)14-19-8-5-7-18(13-19)9-6-12-25-24(30)20-10-3-2-4-11-20;1-12-9-6-10-13(2)11-7-4-3-5-8-11/h2-5,7-8,10-11,13,15,17,21-23,28-29H,12,14,16H2,1H3,(H,25,30);3-5,7-8,12H,6,9-10H2,1-2H3/t17-,21+,22-,23-;/m1./s1. The summed E-state index contributed by atoms with van der Waals surface area (Å²) in [6.45, 7) is 4.01. The maximum absolute atomic E-state index is 12.0. The number of aliphatic hydroxyl groups is 2. The summed E-state index contributed by atoms with van der Waals surface area (Å²) in [5, 5.41) is 26.9. The number of amides is 1. The van der Waals surface area contributed by atoms with Crippen LogP contribution in [0.5, 0.6) is 0 Å². The molecule has 0 radical (unpaired) electrons. The normalized spacial score (nSPS) is 18.2. The lowest BCUT2D eigenvalue weighted by Gasteiger charge is -2.22. The van der Waals surface area contributed by atoms with Gasteiger partial charge in [-0.1, -0.05) is 60.4 Å². The SMILES string of the molecule is CNCCCN(C)c1ccccc1.C[C@@H](O)[C@H]1[C@@H](CO)ON(Cc2cccc(C#CCNC(=O)c3ccccc3)c2)[C@H]1C=O. The number of anilines is 1. The Labute approximate surface area is 260 Å². The van der Waals surface area contributed by atoms with Crippen molar-refractivity contribution in [1.29, 1.82) is 0 Å². The van der Waals surface area contributed by atoms with E-state index in [1.54, 1.807) is 31.2 Å². The number of aldehydes is 1. The fourth-order valence-corrected chi connectivity index (χ4v) is 4.97. The van der Waals surface area contributed by atoms with Gasteiger partial charge in [-0.2, -0.15) is 5.06 Å². The van der Waals surface area contributed by atoms with E-state index in [9.17, 15) is 19.8 Å². The molecule has 234 valence electrons. The van der Waals surface area contributed by atoms with Gasteiger partial charge in [0, 0.05) is 42.9 Å². The third-order valence-electron chi connectivity index (χ3n) is 7.29. The van der Waals surface area contributed by atoms with E-state index in [0.29, 0.717) is 12.1 Å². The molecular formula is C35H44N4O5. The molecule has 0 bridgehead atoms. The molecule has 3 aromatic carbocycles. The number of hydroxylamine groups is 2. The van der Waals surface area contributed by atoms with Crippen LogP contribution in [-0.4, -0.2) is 86.1 Å². The van der Waals surface area contributed by atoms with Crippen molar-refractivity contribution in [2.24, 2.45) is 5.92 Å². The number of nitrogens with zero attached hydrogens (tertiary/aromatic N) is 2. The molecule has 4 rings (SSSR count). The summed E-state index contributed by atoms with van der Waals surface area (Å²) in [5.74, 6) is 5.27. The Bertz CT molecular complexity index is 1340. The van der Waals surface area contributed by atoms with E-state index in [-0.39, 0.29) is 19.1 Å². The highest BCUT2D eigenvalue weighted by atomic mass is 16.7. The second-order valence-corrected chi connectivity index (χ2v) is 10.6. The molecule has 1 amide bonds. The lowest BCUT2D eigenvalue weighted by atomic mass is 9.91. The minimum Gasteiger partial charge on any atom is -0.394 e. The highest BCUT2D eigenvalue weighted by Crippen LogP contribution is 2.30. The summed E-state index contributed by atoms with van der Waals surface area (Å²) in [6.07, 6.45) is 0.501.